The molecule has 7 heteroatoms. The molecule has 2 aromatic rings. The molecule has 2 atom stereocenters. The van der Waals surface area contributed by atoms with Crippen LogP contribution >= 0.6 is 0 Å². The summed E-state index contributed by atoms with van der Waals surface area (Å²) in [7, 11) is 1.57. The summed E-state index contributed by atoms with van der Waals surface area (Å²) in [5, 5.41) is 0. The van der Waals surface area contributed by atoms with Gasteiger partial charge in [0.1, 0.15) is 11.7 Å². The van der Waals surface area contributed by atoms with Crippen molar-refractivity contribution in [2.45, 2.75) is 19.5 Å². The zero-order valence-electron chi connectivity index (χ0n) is 15.1. The van der Waals surface area contributed by atoms with Crippen LogP contribution in [0.3, 0.4) is 0 Å². The standard InChI is InChI=1S/C20H20N2O5/c1-3-27-20(25)16-17(14-5-4-10-21-11-14)22(19(24)18(16)23)12-13-6-8-15(26-2)9-7-13/h4-11,16-17H,3,12H2,1-2H3/t16-,17-/m0/s1. The first-order valence-corrected chi connectivity index (χ1v) is 8.61. The van der Waals surface area contributed by atoms with E-state index in [1.54, 1.807) is 50.7 Å². The number of aromatic nitrogens is 1. The van der Waals surface area contributed by atoms with E-state index >= 15 is 0 Å². The highest BCUT2D eigenvalue weighted by molar-refractivity contribution is 6.42. The molecule has 1 amide bonds. The van der Waals surface area contributed by atoms with Gasteiger partial charge in [0.25, 0.3) is 5.91 Å². The third-order valence-corrected chi connectivity index (χ3v) is 4.48. The van der Waals surface area contributed by atoms with Gasteiger partial charge in [-0.05, 0) is 36.2 Å². The van der Waals surface area contributed by atoms with Gasteiger partial charge in [-0.2, -0.15) is 0 Å². The summed E-state index contributed by atoms with van der Waals surface area (Å²) in [6.45, 7) is 1.98. The molecule has 1 fully saturated rings. The van der Waals surface area contributed by atoms with Gasteiger partial charge in [0.05, 0.1) is 19.8 Å². The van der Waals surface area contributed by atoms with Crippen LogP contribution in [-0.2, 0) is 25.7 Å². The molecule has 0 aliphatic carbocycles. The van der Waals surface area contributed by atoms with Crippen molar-refractivity contribution in [3.63, 3.8) is 0 Å². The quantitative estimate of drug-likeness (QED) is 0.440. The number of rotatable bonds is 6. The lowest BCUT2D eigenvalue weighted by Crippen LogP contribution is -2.31. The van der Waals surface area contributed by atoms with Crippen molar-refractivity contribution < 1.29 is 23.9 Å². The lowest BCUT2D eigenvalue weighted by atomic mass is 9.94. The van der Waals surface area contributed by atoms with E-state index < -0.39 is 29.6 Å². The zero-order valence-corrected chi connectivity index (χ0v) is 15.1. The Morgan fingerprint density at radius 2 is 1.93 bits per heavy atom. The van der Waals surface area contributed by atoms with E-state index in [4.69, 9.17) is 9.47 Å². The zero-order chi connectivity index (χ0) is 19.4. The number of hydrogen-bond acceptors (Lipinski definition) is 6. The number of carbonyl (C=O) groups excluding carboxylic acids is 3. The van der Waals surface area contributed by atoms with Crippen LogP contribution in [0.1, 0.15) is 24.1 Å². The van der Waals surface area contributed by atoms with Crippen molar-refractivity contribution in [3.05, 3.63) is 59.9 Å². The van der Waals surface area contributed by atoms with Crippen molar-refractivity contribution in [1.82, 2.24) is 9.88 Å². The minimum absolute atomic E-state index is 0.134. The first-order valence-electron chi connectivity index (χ1n) is 8.61. The van der Waals surface area contributed by atoms with E-state index in [0.717, 1.165) is 5.56 Å². The fourth-order valence-electron chi connectivity index (χ4n) is 3.21. The number of carbonyl (C=O) groups is 3. The first kappa shape index (κ1) is 18.6. The molecule has 0 bridgehead atoms. The summed E-state index contributed by atoms with van der Waals surface area (Å²) >= 11 is 0. The molecule has 7 nitrogen and oxygen atoms in total. The Kier molecular flexibility index (Phi) is 5.49. The molecule has 0 radical (unpaired) electrons. The molecule has 140 valence electrons. The lowest BCUT2D eigenvalue weighted by Gasteiger charge is -2.26. The van der Waals surface area contributed by atoms with E-state index in [0.29, 0.717) is 11.3 Å². The molecule has 1 aromatic heterocycles. The summed E-state index contributed by atoms with van der Waals surface area (Å²) in [5.74, 6) is -2.65. The van der Waals surface area contributed by atoms with Gasteiger partial charge in [-0.15, -0.1) is 0 Å². The molecule has 0 spiro atoms. The molecule has 1 saturated heterocycles. The third-order valence-electron chi connectivity index (χ3n) is 4.48. The molecule has 3 rings (SSSR count). The number of likely N-dealkylation sites (tertiary alicyclic amines) is 1. The molecule has 0 unspecified atom stereocenters. The highest BCUT2D eigenvalue weighted by Gasteiger charge is 2.52. The number of hydrogen-bond donors (Lipinski definition) is 0. The fourth-order valence-corrected chi connectivity index (χ4v) is 3.21. The summed E-state index contributed by atoms with van der Waals surface area (Å²) in [6, 6.07) is 9.88. The van der Waals surface area contributed by atoms with Crippen LogP contribution in [-0.4, -0.2) is 41.3 Å². The highest BCUT2D eigenvalue weighted by atomic mass is 16.5. The van der Waals surface area contributed by atoms with Gasteiger partial charge in [0.2, 0.25) is 5.78 Å². The Bertz CT molecular complexity index is 835. The second-order valence-electron chi connectivity index (χ2n) is 6.11. The molecule has 0 N–H and O–H groups in total. The van der Waals surface area contributed by atoms with Gasteiger partial charge in [-0.1, -0.05) is 18.2 Å². The van der Waals surface area contributed by atoms with Gasteiger partial charge < -0.3 is 14.4 Å². The second-order valence-corrected chi connectivity index (χ2v) is 6.11. The Morgan fingerprint density at radius 3 is 2.52 bits per heavy atom. The van der Waals surface area contributed by atoms with E-state index in [2.05, 4.69) is 4.98 Å². The number of esters is 1. The maximum absolute atomic E-state index is 12.7. The third kappa shape index (κ3) is 3.67. The number of ether oxygens (including phenoxy) is 2. The summed E-state index contributed by atoms with van der Waals surface area (Å²) in [5.41, 5.74) is 1.43. The highest BCUT2D eigenvalue weighted by Crippen LogP contribution is 2.37. The Morgan fingerprint density at radius 1 is 1.19 bits per heavy atom. The van der Waals surface area contributed by atoms with Crippen LogP contribution in [0, 0.1) is 5.92 Å². The topological polar surface area (TPSA) is 85.8 Å². The van der Waals surface area contributed by atoms with Crippen molar-refractivity contribution in [2.24, 2.45) is 5.92 Å². The largest absolute Gasteiger partial charge is 0.497 e. The first-order chi connectivity index (χ1) is 13.1. The number of amides is 1. The fraction of sp³-hybridized carbons (Fsp3) is 0.300. The van der Waals surface area contributed by atoms with Gasteiger partial charge in [0, 0.05) is 18.9 Å². The minimum Gasteiger partial charge on any atom is -0.497 e. The molecule has 1 aliphatic rings. The monoisotopic (exact) mass is 368 g/mol. The molecule has 2 heterocycles. The minimum atomic E-state index is -1.19. The van der Waals surface area contributed by atoms with Crippen LogP contribution in [0.2, 0.25) is 0 Å². The SMILES string of the molecule is CCOC(=O)[C@@H]1C(=O)C(=O)N(Cc2ccc(OC)cc2)[C@H]1c1cccnc1. The molecular weight excluding hydrogens is 348 g/mol. The van der Waals surface area contributed by atoms with E-state index in [9.17, 15) is 14.4 Å². The predicted octanol–water partition coefficient (Wildman–Crippen LogP) is 1.92. The van der Waals surface area contributed by atoms with Crippen molar-refractivity contribution in [3.8, 4) is 5.75 Å². The Balaban J connectivity index is 1.97. The lowest BCUT2D eigenvalue weighted by molar-refractivity contribution is -0.152. The number of Topliss-reactive ketones (excluding diaryl/α,β-unsaturated/α-hetero) is 1. The van der Waals surface area contributed by atoms with Crippen LogP contribution in [0.5, 0.6) is 5.75 Å². The van der Waals surface area contributed by atoms with E-state index in [1.807, 2.05) is 12.1 Å². The van der Waals surface area contributed by atoms with Crippen molar-refractivity contribution >= 4 is 17.7 Å². The average Bonchev–Trinajstić information content (AvgIpc) is 2.94. The van der Waals surface area contributed by atoms with Crippen LogP contribution < -0.4 is 4.74 Å². The predicted molar refractivity (Wildman–Crippen MR) is 95.7 cm³/mol. The van der Waals surface area contributed by atoms with Gasteiger partial charge in [0.15, 0.2) is 0 Å². The second kappa shape index (κ2) is 7.99. The summed E-state index contributed by atoms with van der Waals surface area (Å²) in [6.07, 6.45) is 3.15. The van der Waals surface area contributed by atoms with Crippen molar-refractivity contribution in [1.29, 1.82) is 0 Å². The van der Waals surface area contributed by atoms with Gasteiger partial charge in [-0.3, -0.25) is 19.4 Å². The maximum atomic E-state index is 12.7. The summed E-state index contributed by atoms with van der Waals surface area (Å²) in [4.78, 5) is 43.1. The number of pyridine rings is 1. The summed E-state index contributed by atoms with van der Waals surface area (Å²) < 4.78 is 10.2. The number of nitrogens with zero attached hydrogens (tertiary/aromatic N) is 2. The molecule has 27 heavy (non-hydrogen) atoms. The van der Waals surface area contributed by atoms with E-state index in [-0.39, 0.29) is 13.2 Å². The molecule has 1 aliphatic heterocycles. The molecular formula is C20H20N2O5. The van der Waals surface area contributed by atoms with Crippen LogP contribution in [0.15, 0.2) is 48.8 Å². The van der Waals surface area contributed by atoms with Crippen LogP contribution in [0.4, 0.5) is 0 Å². The Hall–Kier alpha value is -3.22. The number of methoxy groups -OCH3 is 1. The smallest absolute Gasteiger partial charge is 0.319 e. The van der Waals surface area contributed by atoms with Gasteiger partial charge >= 0.3 is 5.97 Å². The molecule has 1 aromatic carbocycles. The van der Waals surface area contributed by atoms with E-state index in [1.165, 1.54) is 4.90 Å². The Labute approximate surface area is 156 Å². The van der Waals surface area contributed by atoms with Crippen LogP contribution in [0.25, 0.3) is 0 Å². The van der Waals surface area contributed by atoms with Gasteiger partial charge in [-0.25, -0.2) is 0 Å². The normalized spacial score (nSPS) is 19.3. The molecule has 0 saturated carbocycles. The number of benzene rings is 1. The number of ketones is 1. The average molecular weight is 368 g/mol. The van der Waals surface area contributed by atoms with Crippen molar-refractivity contribution in [2.75, 3.05) is 13.7 Å². The maximum Gasteiger partial charge on any atom is 0.319 e.